The summed E-state index contributed by atoms with van der Waals surface area (Å²) in [6.07, 6.45) is 2.00. The third kappa shape index (κ3) is 3.92. The van der Waals surface area contributed by atoms with E-state index in [-0.39, 0.29) is 73.6 Å². The molecule has 2 aliphatic rings. The Labute approximate surface area is 176 Å². The third-order valence-electron chi connectivity index (χ3n) is 2.93. The predicted molar refractivity (Wildman–Crippen MR) is 75.1 cm³/mol. The fraction of sp³-hybridized carbons (Fsp3) is 0.455. The zero-order chi connectivity index (χ0) is 14.3. The summed E-state index contributed by atoms with van der Waals surface area (Å²) in [6, 6.07) is 0. The molecule has 0 N–H and O–H groups in total. The molecular formula is C11H10KN3O3S3. The summed E-state index contributed by atoms with van der Waals surface area (Å²) in [5, 5.41) is 19.9. The number of aryl methyl sites for hydroxylation is 1. The second kappa shape index (κ2) is 7.43. The molecule has 0 spiro atoms. The van der Waals surface area contributed by atoms with Gasteiger partial charge in [0.2, 0.25) is 5.91 Å². The summed E-state index contributed by atoms with van der Waals surface area (Å²) in [6.45, 7) is 1.89. The van der Waals surface area contributed by atoms with E-state index < -0.39 is 5.97 Å². The number of hydrogen-bond acceptors (Lipinski definition) is 8. The smallest absolute Gasteiger partial charge is 0.543 e. The van der Waals surface area contributed by atoms with Gasteiger partial charge in [0.05, 0.1) is 23.5 Å². The van der Waals surface area contributed by atoms with Crippen molar-refractivity contribution in [3.8, 4) is 0 Å². The summed E-state index contributed by atoms with van der Waals surface area (Å²) >= 11 is 4.67. The van der Waals surface area contributed by atoms with Gasteiger partial charge in [-0.1, -0.05) is 23.1 Å². The average Bonchev–Trinajstić information content (AvgIpc) is 2.80. The van der Waals surface area contributed by atoms with Crippen LogP contribution in [0.1, 0.15) is 11.4 Å². The fourth-order valence-corrected chi connectivity index (χ4v) is 5.47. The first kappa shape index (κ1) is 17.9. The molecule has 0 radical (unpaired) electrons. The van der Waals surface area contributed by atoms with Gasteiger partial charge in [0.15, 0.2) is 4.34 Å². The van der Waals surface area contributed by atoms with Crippen LogP contribution in [0.4, 0.5) is 0 Å². The number of carboxylic acid groups (broad SMARTS) is 1. The topological polar surface area (TPSA) is 86.2 Å². The van der Waals surface area contributed by atoms with E-state index in [4.69, 9.17) is 0 Å². The number of rotatable bonds is 4. The van der Waals surface area contributed by atoms with Crippen molar-refractivity contribution in [1.29, 1.82) is 0 Å². The molecule has 1 saturated heterocycles. The predicted octanol–water partition coefficient (Wildman–Crippen LogP) is -2.75. The van der Waals surface area contributed by atoms with E-state index in [0.717, 1.165) is 9.35 Å². The van der Waals surface area contributed by atoms with E-state index in [2.05, 4.69) is 10.2 Å². The first-order valence-corrected chi connectivity index (χ1v) is 8.62. The van der Waals surface area contributed by atoms with Crippen molar-refractivity contribution >= 4 is 46.7 Å². The summed E-state index contributed by atoms with van der Waals surface area (Å²) < 4.78 is 0.874. The van der Waals surface area contributed by atoms with Crippen LogP contribution in [0.15, 0.2) is 16.1 Å². The Hall–Kier alpha value is 0.576. The Kier molecular flexibility index (Phi) is 6.34. The van der Waals surface area contributed by atoms with Gasteiger partial charge in [0.1, 0.15) is 5.01 Å². The van der Waals surface area contributed by atoms with E-state index >= 15 is 0 Å². The van der Waals surface area contributed by atoms with Crippen LogP contribution in [0.5, 0.6) is 0 Å². The first-order valence-electron chi connectivity index (χ1n) is 5.88. The standard InChI is InChI=1S/C11H11N3O3S3.K/c1-5-12-13-11(19-5)18-4-6-2-7(10(16)17)14-8(15)3-9(14)20-6;/h2,6,9H,3-4H2,1H3,(H,16,17);/q;+1/p-1/t6?,9-;/m1./s1. The van der Waals surface area contributed by atoms with Crippen LogP contribution < -0.4 is 56.5 Å². The molecule has 0 aliphatic carbocycles. The van der Waals surface area contributed by atoms with Crippen LogP contribution in [0, 0.1) is 6.92 Å². The van der Waals surface area contributed by atoms with E-state index in [0.29, 0.717) is 12.2 Å². The zero-order valence-corrected chi connectivity index (χ0v) is 17.0. The van der Waals surface area contributed by atoms with E-state index in [9.17, 15) is 14.7 Å². The molecule has 1 fully saturated rings. The third-order valence-corrected chi connectivity index (χ3v) is 6.58. The number of aliphatic carboxylic acids is 1. The van der Waals surface area contributed by atoms with Crippen molar-refractivity contribution in [3.63, 3.8) is 0 Å². The maximum atomic E-state index is 11.4. The first-order chi connectivity index (χ1) is 9.54. The van der Waals surface area contributed by atoms with Crippen molar-refractivity contribution in [3.05, 3.63) is 16.8 Å². The van der Waals surface area contributed by atoms with Crippen LogP contribution in [-0.2, 0) is 9.59 Å². The minimum Gasteiger partial charge on any atom is -0.543 e. The van der Waals surface area contributed by atoms with Crippen LogP contribution in [-0.4, -0.2) is 43.4 Å². The Bertz CT molecular complexity index is 607. The van der Waals surface area contributed by atoms with Crippen molar-refractivity contribution in [2.24, 2.45) is 0 Å². The van der Waals surface area contributed by atoms with Gasteiger partial charge in [0, 0.05) is 11.0 Å². The number of fused-ring (bicyclic) bond motifs is 1. The Morgan fingerprint density at radius 1 is 1.57 bits per heavy atom. The largest absolute Gasteiger partial charge is 1.00 e. The molecule has 1 unspecified atom stereocenters. The number of carbonyl (C=O) groups excluding carboxylic acids is 2. The van der Waals surface area contributed by atoms with E-state index in [1.807, 2.05) is 6.92 Å². The van der Waals surface area contributed by atoms with Gasteiger partial charge in [-0.05, 0) is 13.0 Å². The van der Waals surface area contributed by atoms with Crippen LogP contribution in [0.3, 0.4) is 0 Å². The molecule has 21 heavy (non-hydrogen) atoms. The normalized spacial score (nSPS) is 23.8. The zero-order valence-electron chi connectivity index (χ0n) is 11.4. The van der Waals surface area contributed by atoms with Gasteiger partial charge in [0.25, 0.3) is 0 Å². The molecule has 0 bridgehead atoms. The van der Waals surface area contributed by atoms with Crippen molar-refractivity contribution < 1.29 is 66.1 Å². The minimum absolute atomic E-state index is 0. The maximum absolute atomic E-state index is 11.4. The molecule has 1 aromatic rings. The number of thioether (sulfide) groups is 2. The monoisotopic (exact) mass is 367 g/mol. The number of β-lactam (4-membered cyclic amide) rings is 1. The molecule has 106 valence electrons. The molecular weight excluding hydrogens is 357 g/mol. The molecule has 0 saturated carbocycles. The van der Waals surface area contributed by atoms with Crippen molar-refractivity contribution in [1.82, 2.24) is 15.1 Å². The maximum Gasteiger partial charge on any atom is 1.00 e. The molecule has 1 amide bonds. The Morgan fingerprint density at radius 2 is 2.33 bits per heavy atom. The Balaban J connectivity index is 0.00000161. The van der Waals surface area contributed by atoms with Crippen LogP contribution >= 0.6 is 34.9 Å². The Morgan fingerprint density at radius 3 is 2.90 bits per heavy atom. The molecule has 3 rings (SSSR count). The van der Waals surface area contributed by atoms with Crippen molar-refractivity contribution in [2.75, 3.05) is 5.75 Å². The minimum atomic E-state index is -1.29. The fourth-order valence-electron chi connectivity index (χ4n) is 2.03. The molecule has 3 heterocycles. The van der Waals surface area contributed by atoms with E-state index in [1.54, 1.807) is 29.6 Å². The number of carboxylic acids is 1. The van der Waals surface area contributed by atoms with Crippen LogP contribution in [0.2, 0.25) is 0 Å². The molecule has 6 nitrogen and oxygen atoms in total. The van der Waals surface area contributed by atoms with Gasteiger partial charge in [-0.3, -0.25) is 9.69 Å². The van der Waals surface area contributed by atoms with E-state index in [1.165, 1.54) is 16.2 Å². The quantitative estimate of drug-likeness (QED) is 0.324. The van der Waals surface area contributed by atoms with Gasteiger partial charge in [-0.15, -0.1) is 22.0 Å². The molecule has 2 atom stereocenters. The molecule has 2 aliphatic heterocycles. The number of hydrogen-bond donors (Lipinski definition) is 0. The number of amides is 1. The van der Waals surface area contributed by atoms with Gasteiger partial charge in [-0.25, -0.2) is 0 Å². The molecule has 1 aromatic heterocycles. The number of aromatic nitrogens is 2. The van der Waals surface area contributed by atoms with Gasteiger partial charge >= 0.3 is 51.4 Å². The van der Waals surface area contributed by atoms with Gasteiger partial charge in [-0.2, -0.15) is 0 Å². The second-order valence-corrected chi connectivity index (χ2v) is 8.20. The summed E-state index contributed by atoms with van der Waals surface area (Å²) in [7, 11) is 0. The van der Waals surface area contributed by atoms with Gasteiger partial charge < -0.3 is 9.90 Å². The molecule has 0 aromatic carbocycles. The summed E-state index contributed by atoms with van der Waals surface area (Å²) in [4.78, 5) is 23.8. The van der Waals surface area contributed by atoms with Crippen LogP contribution in [0.25, 0.3) is 0 Å². The summed E-state index contributed by atoms with van der Waals surface area (Å²) in [5.74, 6) is -0.733. The SMILES string of the molecule is Cc1nnc(SCC2C=C(C(=O)[O-])N3C(=O)C[C@H]3S2)s1.[K+]. The summed E-state index contributed by atoms with van der Waals surface area (Å²) in [5.41, 5.74) is 0.00374. The number of nitrogens with zero attached hydrogens (tertiary/aromatic N) is 3. The van der Waals surface area contributed by atoms with Crippen molar-refractivity contribution in [2.45, 2.75) is 28.3 Å². The molecule has 10 heteroatoms. The average molecular weight is 368 g/mol. The second-order valence-electron chi connectivity index (χ2n) is 4.33. The number of carbonyl (C=O) groups is 2.